The minimum Gasteiger partial charge on any atom is -0.497 e. The Morgan fingerprint density at radius 2 is 1.32 bits per heavy atom. The lowest BCUT2D eigenvalue weighted by atomic mass is 10.0. The number of anilines is 2. The van der Waals surface area contributed by atoms with Crippen LogP contribution in [0.15, 0.2) is 72.8 Å². The van der Waals surface area contributed by atoms with Crippen molar-refractivity contribution in [3.05, 3.63) is 89.5 Å². The van der Waals surface area contributed by atoms with Gasteiger partial charge in [-0.05, 0) is 60.4 Å². The number of aryl methyl sites for hydroxylation is 2. The largest absolute Gasteiger partial charge is 0.497 e. The number of ether oxygens (including phenoxy) is 1. The summed E-state index contributed by atoms with van der Waals surface area (Å²) in [5.74, 6) is 0.720. The number of amides is 1. The van der Waals surface area contributed by atoms with Gasteiger partial charge in [-0.25, -0.2) is 0 Å². The normalized spacial score (nSPS) is 12.8. The van der Waals surface area contributed by atoms with Gasteiger partial charge in [0.05, 0.1) is 18.5 Å². The van der Waals surface area contributed by atoms with Crippen LogP contribution in [0.1, 0.15) is 21.5 Å². The quantitative estimate of drug-likeness (QED) is 0.677. The topological polar surface area (TPSA) is 29.5 Å². The average Bonchev–Trinajstić information content (AvgIpc) is 2.84. The molecule has 1 aliphatic heterocycles. The number of benzene rings is 3. The average molecular weight is 329 g/mol. The summed E-state index contributed by atoms with van der Waals surface area (Å²) in [4.78, 5) is 15.2. The van der Waals surface area contributed by atoms with Gasteiger partial charge in [-0.1, -0.05) is 36.4 Å². The molecule has 0 bridgehead atoms. The van der Waals surface area contributed by atoms with E-state index in [1.54, 1.807) is 7.11 Å². The van der Waals surface area contributed by atoms with Crippen molar-refractivity contribution in [2.75, 3.05) is 12.0 Å². The van der Waals surface area contributed by atoms with E-state index in [1.807, 2.05) is 65.6 Å². The summed E-state index contributed by atoms with van der Waals surface area (Å²) < 4.78 is 5.20. The lowest BCUT2D eigenvalue weighted by molar-refractivity contribution is 0.0999. The lowest BCUT2D eigenvalue weighted by Gasteiger charge is -2.25. The third kappa shape index (κ3) is 2.78. The number of nitrogens with zero attached hydrogens (tertiary/aromatic N) is 1. The zero-order chi connectivity index (χ0) is 17.2. The Labute approximate surface area is 147 Å². The van der Waals surface area contributed by atoms with Crippen molar-refractivity contribution in [1.82, 2.24) is 0 Å². The predicted molar refractivity (Wildman–Crippen MR) is 99.8 cm³/mol. The zero-order valence-electron chi connectivity index (χ0n) is 14.1. The maximum Gasteiger partial charge on any atom is 0.262 e. The van der Waals surface area contributed by atoms with Crippen molar-refractivity contribution in [2.45, 2.75) is 12.8 Å². The Balaban J connectivity index is 1.85. The van der Waals surface area contributed by atoms with Gasteiger partial charge in [0.25, 0.3) is 5.91 Å². The number of carbonyl (C=O) groups is 1. The second-order valence-corrected chi connectivity index (χ2v) is 6.13. The maximum absolute atomic E-state index is 13.4. The summed E-state index contributed by atoms with van der Waals surface area (Å²) in [6.07, 6.45) is 1.86. The molecule has 0 radical (unpaired) electrons. The maximum atomic E-state index is 13.4. The van der Waals surface area contributed by atoms with Crippen LogP contribution in [0.25, 0.3) is 0 Å². The van der Waals surface area contributed by atoms with Gasteiger partial charge in [0.2, 0.25) is 0 Å². The molecule has 124 valence electrons. The SMILES string of the molecule is COc1ccc(C(=O)N2c3ccccc3CCc3ccccc32)cc1. The highest BCUT2D eigenvalue weighted by molar-refractivity contribution is 6.12. The lowest BCUT2D eigenvalue weighted by Crippen LogP contribution is -2.26. The molecule has 0 saturated heterocycles. The third-order valence-electron chi connectivity index (χ3n) is 4.67. The fourth-order valence-electron chi connectivity index (χ4n) is 3.36. The van der Waals surface area contributed by atoms with Gasteiger partial charge < -0.3 is 4.74 Å². The molecule has 0 fully saturated rings. The van der Waals surface area contributed by atoms with Crippen LogP contribution in [0.2, 0.25) is 0 Å². The Hall–Kier alpha value is -3.07. The Bertz CT molecular complexity index is 868. The molecule has 1 amide bonds. The molecule has 3 aromatic rings. The molecule has 3 aromatic carbocycles. The van der Waals surface area contributed by atoms with Crippen molar-refractivity contribution in [3.63, 3.8) is 0 Å². The van der Waals surface area contributed by atoms with Gasteiger partial charge in [0.1, 0.15) is 5.75 Å². The zero-order valence-corrected chi connectivity index (χ0v) is 14.1. The second kappa shape index (κ2) is 6.44. The second-order valence-electron chi connectivity index (χ2n) is 6.13. The molecule has 0 spiro atoms. The summed E-state index contributed by atoms with van der Waals surface area (Å²) in [6, 6.07) is 23.6. The molecule has 3 nitrogen and oxygen atoms in total. The van der Waals surface area contributed by atoms with Crippen molar-refractivity contribution < 1.29 is 9.53 Å². The van der Waals surface area contributed by atoms with Crippen LogP contribution < -0.4 is 9.64 Å². The van der Waals surface area contributed by atoms with Crippen molar-refractivity contribution in [1.29, 1.82) is 0 Å². The van der Waals surface area contributed by atoms with Crippen LogP contribution in [0, 0.1) is 0 Å². The summed E-state index contributed by atoms with van der Waals surface area (Å²) in [6.45, 7) is 0. The van der Waals surface area contributed by atoms with Crippen molar-refractivity contribution in [2.24, 2.45) is 0 Å². The summed E-state index contributed by atoms with van der Waals surface area (Å²) in [5.41, 5.74) is 4.97. The van der Waals surface area contributed by atoms with Crippen LogP contribution in [-0.2, 0) is 12.8 Å². The molecule has 0 unspecified atom stereocenters. The molecule has 0 aromatic heterocycles. The fourth-order valence-corrected chi connectivity index (χ4v) is 3.36. The van der Waals surface area contributed by atoms with E-state index in [0.29, 0.717) is 5.56 Å². The molecule has 1 heterocycles. The molecule has 25 heavy (non-hydrogen) atoms. The van der Waals surface area contributed by atoms with Gasteiger partial charge in [0, 0.05) is 5.56 Å². The van der Waals surface area contributed by atoms with E-state index < -0.39 is 0 Å². The molecular weight excluding hydrogens is 310 g/mol. The minimum absolute atomic E-state index is 0.0237. The van der Waals surface area contributed by atoms with Crippen LogP contribution in [0.3, 0.4) is 0 Å². The van der Waals surface area contributed by atoms with Gasteiger partial charge in [0.15, 0.2) is 0 Å². The van der Waals surface area contributed by atoms with E-state index >= 15 is 0 Å². The first kappa shape index (κ1) is 15.5. The predicted octanol–water partition coefficient (Wildman–Crippen LogP) is 4.77. The fraction of sp³-hybridized carbons (Fsp3) is 0.136. The smallest absolute Gasteiger partial charge is 0.262 e. The number of methoxy groups -OCH3 is 1. The number of hydrogen-bond acceptors (Lipinski definition) is 2. The Morgan fingerprint density at radius 1 is 0.800 bits per heavy atom. The van der Waals surface area contributed by atoms with Gasteiger partial charge in [-0.2, -0.15) is 0 Å². The highest BCUT2D eigenvalue weighted by Crippen LogP contribution is 2.37. The third-order valence-corrected chi connectivity index (χ3v) is 4.67. The van der Waals surface area contributed by atoms with Crippen LogP contribution in [-0.4, -0.2) is 13.0 Å². The van der Waals surface area contributed by atoms with Gasteiger partial charge >= 0.3 is 0 Å². The highest BCUT2D eigenvalue weighted by atomic mass is 16.5. The van der Waals surface area contributed by atoms with Crippen LogP contribution in [0.4, 0.5) is 11.4 Å². The summed E-state index contributed by atoms with van der Waals surface area (Å²) >= 11 is 0. The van der Waals surface area contributed by atoms with E-state index in [4.69, 9.17) is 4.74 Å². The molecule has 0 N–H and O–H groups in total. The minimum atomic E-state index is -0.0237. The number of hydrogen-bond donors (Lipinski definition) is 0. The summed E-state index contributed by atoms with van der Waals surface area (Å²) in [7, 11) is 1.62. The van der Waals surface area contributed by atoms with Crippen LogP contribution in [0.5, 0.6) is 5.75 Å². The molecule has 4 rings (SSSR count). The molecule has 0 atom stereocenters. The van der Waals surface area contributed by atoms with Crippen molar-refractivity contribution >= 4 is 17.3 Å². The molecule has 0 aliphatic carbocycles. The molecular formula is C22H19NO2. The van der Waals surface area contributed by atoms with E-state index in [0.717, 1.165) is 30.0 Å². The van der Waals surface area contributed by atoms with E-state index in [2.05, 4.69) is 12.1 Å². The molecule has 3 heteroatoms. The Morgan fingerprint density at radius 3 is 1.84 bits per heavy atom. The van der Waals surface area contributed by atoms with Crippen molar-refractivity contribution in [3.8, 4) is 5.75 Å². The van der Waals surface area contributed by atoms with E-state index in [1.165, 1.54) is 11.1 Å². The monoisotopic (exact) mass is 329 g/mol. The van der Waals surface area contributed by atoms with E-state index in [9.17, 15) is 4.79 Å². The number of rotatable bonds is 2. The standard InChI is InChI=1S/C22H19NO2/c1-25-19-14-12-18(13-15-19)22(24)23-20-8-4-2-6-16(20)10-11-17-7-3-5-9-21(17)23/h2-9,12-15H,10-11H2,1H3. The van der Waals surface area contributed by atoms with E-state index in [-0.39, 0.29) is 5.91 Å². The first-order chi connectivity index (χ1) is 12.3. The number of fused-ring (bicyclic) bond motifs is 2. The Kier molecular flexibility index (Phi) is 3.98. The number of para-hydroxylation sites is 2. The van der Waals surface area contributed by atoms with Gasteiger partial charge in [-0.15, -0.1) is 0 Å². The first-order valence-corrected chi connectivity index (χ1v) is 8.42. The summed E-state index contributed by atoms with van der Waals surface area (Å²) in [5, 5.41) is 0. The van der Waals surface area contributed by atoms with Crippen LogP contribution >= 0.6 is 0 Å². The molecule has 0 saturated carbocycles. The molecule has 1 aliphatic rings. The van der Waals surface area contributed by atoms with Gasteiger partial charge in [-0.3, -0.25) is 9.69 Å². The first-order valence-electron chi connectivity index (χ1n) is 8.42. The number of carbonyl (C=O) groups excluding carboxylic acids is 1. The highest BCUT2D eigenvalue weighted by Gasteiger charge is 2.26.